The van der Waals surface area contributed by atoms with Crippen LogP contribution >= 0.6 is 0 Å². The first kappa shape index (κ1) is 24.4. The normalized spacial score (nSPS) is 11.1. The van der Waals surface area contributed by atoms with Gasteiger partial charge in [-0.1, -0.05) is 30.3 Å². The molecule has 0 aromatic heterocycles. The van der Waals surface area contributed by atoms with Gasteiger partial charge in [0.05, 0.1) is 23.2 Å². The van der Waals surface area contributed by atoms with Crippen molar-refractivity contribution in [1.29, 1.82) is 0 Å². The topological polar surface area (TPSA) is 105 Å². The Kier molecular flexibility index (Phi) is 8.58. The molecule has 0 fully saturated rings. The predicted molar refractivity (Wildman–Crippen MR) is 122 cm³/mol. The number of carbonyl (C=O) groups is 2. The molecule has 0 heterocycles. The van der Waals surface area contributed by atoms with E-state index in [4.69, 9.17) is 4.74 Å². The van der Waals surface area contributed by atoms with Crippen LogP contribution in [-0.4, -0.2) is 53.3 Å². The molecule has 2 aromatic rings. The Morgan fingerprint density at radius 3 is 2.29 bits per heavy atom. The Morgan fingerprint density at radius 1 is 1.03 bits per heavy atom. The zero-order chi connectivity index (χ0) is 23.0. The molecule has 0 saturated carbocycles. The summed E-state index contributed by atoms with van der Waals surface area (Å²) >= 11 is 0. The number of hydrogen-bond acceptors (Lipinski definition) is 5. The second kappa shape index (κ2) is 10.9. The van der Waals surface area contributed by atoms with E-state index >= 15 is 0 Å². The van der Waals surface area contributed by atoms with Crippen LogP contribution < -0.4 is 14.9 Å². The van der Waals surface area contributed by atoms with Gasteiger partial charge in [0.2, 0.25) is 15.9 Å². The molecule has 2 N–H and O–H groups in total. The third kappa shape index (κ3) is 6.80. The maximum Gasteiger partial charge on any atom is 0.253 e. The van der Waals surface area contributed by atoms with E-state index in [0.29, 0.717) is 36.5 Å². The first-order chi connectivity index (χ1) is 14.6. The van der Waals surface area contributed by atoms with Gasteiger partial charge in [0.25, 0.3) is 5.91 Å². The molecule has 0 aliphatic heterocycles. The monoisotopic (exact) mass is 447 g/mol. The number of aryl methyl sites for hydroxylation is 2. The second-order valence-electron chi connectivity index (χ2n) is 7.21. The van der Waals surface area contributed by atoms with Crippen molar-refractivity contribution in [2.45, 2.75) is 20.3 Å². The highest BCUT2D eigenvalue weighted by molar-refractivity contribution is 7.92. The molecule has 8 nitrogen and oxygen atoms in total. The van der Waals surface area contributed by atoms with Crippen LogP contribution in [0.3, 0.4) is 0 Å². The van der Waals surface area contributed by atoms with Crippen molar-refractivity contribution < 1.29 is 22.7 Å². The molecule has 0 spiro atoms. The van der Waals surface area contributed by atoms with Crippen molar-refractivity contribution in [2.24, 2.45) is 0 Å². The van der Waals surface area contributed by atoms with E-state index in [1.54, 1.807) is 57.4 Å². The van der Waals surface area contributed by atoms with Crippen molar-refractivity contribution in [3.8, 4) is 0 Å². The van der Waals surface area contributed by atoms with Gasteiger partial charge in [0, 0.05) is 20.3 Å². The highest BCUT2D eigenvalue weighted by Gasteiger charge is 2.24. The van der Waals surface area contributed by atoms with Gasteiger partial charge in [0.1, 0.15) is 6.54 Å². The minimum atomic E-state index is -3.71. The summed E-state index contributed by atoms with van der Waals surface area (Å²) in [4.78, 5) is 25.3. The zero-order valence-corrected chi connectivity index (χ0v) is 19.1. The summed E-state index contributed by atoms with van der Waals surface area (Å²) in [6.45, 7) is 4.14. The largest absolute Gasteiger partial charge is 0.385 e. The zero-order valence-electron chi connectivity index (χ0n) is 18.3. The van der Waals surface area contributed by atoms with E-state index in [-0.39, 0.29) is 5.91 Å². The van der Waals surface area contributed by atoms with Crippen LogP contribution in [0, 0.1) is 13.8 Å². The van der Waals surface area contributed by atoms with Gasteiger partial charge >= 0.3 is 0 Å². The van der Waals surface area contributed by atoms with Gasteiger partial charge < -0.3 is 15.4 Å². The molecule has 168 valence electrons. The first-order valence-electron chi connectivity index (χ1n) is 9.85. The first-order valence-corrected chi connectivity index (χ1v) is 11.7. The highest BCUT2D eigenvalue weighted by Crippen LogP contribution is 2.26. The number of para-hydroxylation sites is 2. The summed E-state index contributed by atoms with van der Waals surface area (Å²) in [5.41, 5.74) is 2.57. The van der Waals surface area contributed by atoms with Gasteiger partial charge in [-0.25, -0.2) is 8.42 Å². The smallest absolute Gasteiger partial charge is 0.253 e. The molecular weight excluding hydrogens is 418 g/mol. The summed E-state index contributed by atoms with van der Waals surface area (Å²) < 4.78 is 30.9. The molecule has 9 heteroatoms. The van der Waals surface area contributed by atoms with Crippen LogP contribution in [-0.2, 0) is 19.6 Å². The summed E-state index contributed by atoms with van der Waals surface area (Å²) in [6.07, 6.45) is 1.73. The molecule has 0 radical (unpaired) electrons. The molecule has 2 amide bonds. The number of amides is 2. The fourth-order valence-electron chi connectivity index (χ4n) is 3.19. The van der Waals surface area contributed by atoms with E-state index in [0.717, 1.165) is 21.7 Å². The Bertz CT molecular complexity index is 1020. The highest BCUT2D eigenvalue weighted by atomic mass is 32.2. The number of rotatable bonds is 10. The van der Waals surface area contributed by atoms with Crippen LogP contribution in [0.15, 0.2) is 42.5 Å². The van der Waals surface area contributed by atoms with Crippen LogP contribution in [0.4, 0.5) is 11.4 Å². The van der Waals surface area contributed by atoms with Crippen LogP contribution in [0.5, 0.6) is 0 Å². The van der Waals surface area contributed by atoms with E-state index < -0.39 is 22.5 Å². The fraction of sp³-hybridized carbons (Fsp3) is 0.364. The molecule has 0 unspecified atom stereocenters. The number of anilines is 2. The lowest BCUT2D eigenvalue weighted by Crippen LogP contribution is -2.38. The van der Waals surface area contributed by atoms with Gasteiger partial charge in [0.15, 0.2) is 0 Å². The number of nitrogens with zero attached hydrogens (tertiary/aromatic N) is 1. The SMILES string of the molecule is COCCCNC(=O)c1ccccc1NC(=O)CN(c1c(C)cccc1C)S(C)(=O)=O. The van der Waals surface area contributed by atoms with Crippen molar-refractivity contribution in [2.75, 3.05) is 42.7 Å². The Labute approximate surface area is 183 Å². The summed E-state index contributed by atoms with van der Waals surface area (Å²) in [5.74, 6) is -0.880. The molecule has 0 aliphatic carbocycles. The molecule has 0 atom stereocenters. The number of benzene rings is 2. The van der Waals surface area contributed by atoms with Crippen molar-refractivity contribution in [3.05, 3.63) is 59.2 Å². The molecule has 0 aliphatic rings. The minimum absolute atomic E-state index is 0.297. The van der Waals surface area contributed by atoms with Crippen molar-refractivity contribution in [1.82, 2.24) is 5.32 Å². The summed E-state index contributed by atoms with van der Waals surface area (Å²) in [5, 5.41) is 5.45. The standard InChI is InChI=1S/C22H29N3O5S/c1-16-9-7-10-17(2)21(16)25(31(4,28)29)15-20(26)24-19-12-6-5-11-18(19)22(27)23-13-8-14-30-3/h5-7,9-12H,8,13-15H2,1-4H3,(H,23,27)(H,24,26). The number of hydrogen-bond donors (Lipinski definition) is 2. The van der Waals surface area contributed by atoms with E-state index in [1.165, 1.54) is 0 Å². The number of ether oxygens (including phenoxy) is 1. The van der Waals surface area contributed by atoms with Crippen molar-refractivity contribution in [3.63, 3.8) is 0 Å². The molecule has 2 rings (SSSR count). The van der Waals surface area contributed by atoms with E-state index in [1.807, 2.05) is 6.07 Å². The van der Waals surface area contributed by atoms with Gasteiger partial charge in [-0.2, -0.15) is 0 Å². The third-order valence-electron chi connectivity index (χ3n) is 4.63. The van der Waals surface area contributed by atoms with Crippen LogP contribution in [0.2, 0.25) is 0 Å². The maximum atomic E-state index is 12.8. The summed E-state index contributed by atoms with van der Waals surface area (Å²) in [6, 6.07) is 12.0. The average Bonchev–Trinajstić information content (AvgIpc) is 2.70. The maximum absolute atomic E-state index is 12.8. The molecule has 0 saturated heterocycles. The van der Waals surface area contributed by atoms with Crippen LogP contribution in [0.25, 0.3) is 0 Å². The third-order valence-corrected chi connectivity index (χ3v) is 5.75. The Balaban J connectivity index is 2.20. The molecule has 2 aromatic carbocycles. The average molecular weight is 448 g/mol. The van der Waals surface area contributed by atoms with E-state index in [2.05, 4.69) is 10.6 Å². The quantitative estimate of drug-likeness (QED) is 0.545. The lowest BCUT2D eigenvalue weighted by Gasteiger charge is -2.25. The number of methoxy groups -OCH3 is 1. The molecule has 31 heavy (non-hydrogen) atoms. The van der Waals surface area contributed by atoms with E-state index in [9.17, 15) is 18.0 Å². The Hall–Kier alpha value is -2.91. The second-order valence-corrected chi connectivity index (χ2v) is 9.11. The minimum Gasteiger partial charge on any atom is -0.385 e. The number of carbonyl (C=O) groups excluding carboxylic acids is 2. The van der Waals surface area contributed by atoms with Crippen LogP contribution in [0.1, 0.15) is 27.9 Å². The van der Waals surface area contributed by atoms with Gasteiger partial charge in [-0.3, -0.25) is 13.9 Å². The molecular formula is C22H29N3O5S. The molecule has 0 bridgehead atoms. The predicted octanol–water partition coefficient (Wildman–Crippen LogP) is 2.47. The lowest BCUT2D eigenvalue weighted by atomic mass is 10.1. The summed E-state index contributed by atoms with van der Waals surface area (Å²) in [7, 11) is -2.12. The van der Waals surface area contributed by atoms with Crippen molar-refractivity contribution >= 4 is 33.2 Å². The Morgan fingerprint density at radius 2 is 1.68 bits per heavy atom. The van der Waals surface area contributed by atoms with Gasteiger partial charge in [-0.05, 0) is 43.5 Å². The number of nitrogens with one attached hydrogen (secondary N) is 2. The lowest BCUT2D eigenvalue weighted by molar-refractivity contribution is -0.114. The number of sulfonamides is 1. The fourth-order valence-corrected chi connectivity index (χ4v) is 4.16. The van der Waals surface area contributed by atoms with Gasteiger partial charge in [-0.15, -0.1) is 0 Å².